The van der Waals surface area contributed by atoms with Gasteiger partial charge >= 0.3 is 11.6 Å². The third kappa shape index (κ3) is 3.59. The average molecular weight is 318 g/mol. The highest BCUT2D eigenvalue weighted by Gasteiger charge is 2.16. The molecular weight excluding hydrogens is 300 g/mol. The maximum Gasteiger partial charge on any atom is 0.340 e. The van der Waals surface area contributed by atoms with Crippen LogP contribution >= 0.6 is 0 Å². The number of esters is 1. The molecule has 0 bridgehead atoms. The normalized spacial score (nSPS) is 12.0. The van der Waals surface area contributed by atoms with E-state index in [4.69, 9.17) is 9.15 Å². The van der Waals surface area contributed by atoms with Gasteiger partial charge in [0.2, 0.25) is 0 Å². The Balaban J connectivity index is 2.46. The number of rotatable bonds is 5. The molecule has 0 aliphatic heterocycles. The Morgan fingerprint density at radius 3 is 2.61 bits per heavy atom. The van der Waals surface area contributed by atoms with E-state index in [-0.39, 0.29) is 17.8 Å². The van der Waals surface area contributed by atoms with Crippen molar-refractivity contribution in [2.45, 2.75) is 33.3 Å². The number of aryl methyl sites for hydroxylation is 1. The lowest BCUT2D eigenvalue weighted by Gasteiger charge is -2.13. The highest BCUT2D eigenvalue weighted by atomic mass is 16.5. The van der Waals surface area contributed by atoms with E-state index in [2.05, 4.69) is 4.74 Å². The molecule has 0 aliphatic rings. The summed E-state index contributed by atoms with van der Waals surface area (Å²) in [5, 5.41) is 0.700. The van der Waals surface area contributed by atoms with Crippen molar-refractivity contribution in [3.05, 3.63) is 39.7 Å². The molecule has 2 rings (SSSR count). The second kappa shape index (κ2) is 6.64. The molecule has 2 aromatic rings. The zero-order chi connectivity index (χ0) is 17.1. The van der Waals surface area contributed by atoms with Crippen LogP contribution in [0.5, 0.6) is 5.75 Å². The molecule has 0 amide bonds. The van der Waals surface area contributed by atoms with Gasteiger partial charge in [-0.1, -0.05) is 0 Å². The number of benzene rings is 1. The molecule has 23 heavy (non-hydrogen) atoms. The lowest BCUT2D eigenvalue weighted by atomic mass is 10.0. The van der Waals surface area contributed by atoms with Crippen molar-refractivity contribution in [1.82, 2.24) is 0 Å². The molecule has 0 spiro atoms. The Morgan fingerprint density at radius 1 is 1.30 bits per heavy atom. The molecule has 6 nitrogen and oxygen atoms in total. The van der Waals surface area contributed by atoms with Crippen molar-refractivity contribution in [3.63, 3.8) is 0 Å². The van der Waals surface area contributed by atoms with E-state index in [0.29, 0.717) is 22.3 Å². The lowest BCUT2D eigenvalue weighted by molar-refractivity contribution is -0.139. The highest BCUT2D eigenvalue weighted by molar-refractivity contribution is 5.84. The van der Waals surface area contributed by atoms with Crippen molar-refractivity contribution in [1.29, 1.82) is 0 Å². The summed E-state index contributed by atoms with van der Waals surface area (Å²) in [5.74, 6) is -0.172. The number of methoxy groups -OCH3 is 1. The summed E-state index contributed by atoms with van der Waals surface area (Å²) in [5.41, 5.74) is 0.689. The van der Waals surface area contributed by atoms with Crippen LogP contribution in [0.1, 0.15) is 25.0 Å². The second-order valence-electron chi connectivity index (χ2n) is 5.27. The zero-order valence-electron chi connectivity index (χ0n) is 13.5. The predicted octanol–water partition coefficient (Wildman–Crippen LogP) is 2.17. The van der Waals surface area contributed by atoms with Gasteiger partial charge in [-0.05, 0) is 38.5 Å². The van der Waals surface area contributed by atoms with Crippen LogP contribution < -0.4 is 10.4 Å². The Hall–Kier alpha value is -2.63. The van der Waals surface area contributed by atoms with Crippen molar-refractivity contribution >= 4 is 22.7 Å². The van der Waals surface area contributed by atoms with Crippen LogP contribution in [0.4, 0.5) is 0 Å². The number of carbonyl (C=O) groups is 2. The van der Waals surface area contributed by atoms with Crippen molar-refractivity contribution in [3.8, 4) is 5.75 Å². The zero-order valence-corrected chi connectivity index (χ0v) is 13.5. The van der Waals surface area contributed by atoms with Gasteiger partial charge in [-0.2, -0.15) is 0 Å². The van der Waals surface area contributed by atoms with E-state index >= 15 is 0 Å². The van der Waals surface area contributed by atoms with Crippen LogP contribution in [-0.2, 0) is 20.7 Å². The Kier molecular flexibility index (Phi) is 4.83. The smallest absolute Gasteiger partial charge is 0.340 e. The average Bonchev–Trinajstić information content (AvgIpc) is 2.50. The molecule has 6 heteroatoms. The molecule has 0 saturated carbocycles. The number of carbonyl (C=O) groups excluding carboxylic acids is 2. The minimum absolute atomic E-state index is 0.101. The first-order chi connectivity index (χ1) is 10.8. The summed E-state index contributed by atoms with van der Waals surface area (Å²) < 4.78 is 15.4. The highest BCUT2D eigenvalue weighted by Crippen LogP contribution is 2.25. The minimum atomic E-state index is -0.586. The summed E-state index contributed by atoms with van der Waals surface area (Å²) in [6.07, 6.45) is -0.723. The monoisotopic (exact) mass is 318 g/mol. The van der Waals surface area contributed by atoms with Crippen LogP contribution in [0, 0.1) is 6.92 Å². The number of hydrogen-bond acceptors (Lipinski definition) is 6. The van der Waals surface area contributed by atoms with Crippen LogP contribution in [0.3, 0.4) is 0 Å². The minimum Gasteiger partial charge on any atom is -0.483 e. The predicted molar refractivity (Wildman–Crippen MR) is 83.7 cm³/mol. The largest absolute Gasteiger partial charge is 0.483 e. The molecule has 1 atom stereocenters. The first-order valence-corrected chi connectivity index (χ1v) is 7.13. The molecule has 1 heterocycles. The molecular formula is C17H18O6. The van der Waals surface area contributed by atoms with Crippen LogP contribution in [0.15, 0.2) is 27.4 Å². The topological polar surface area (TPSA) is 82.8 Å². The number of Topliss-reactive ketones (excluding diaryl/α,β-unsaturated/α-hetero) is 1. The molecule has 1 aromatic carbocycles. The number of ketones is 1. The van der Waals surface area contributed by atoms with Gasteiger partial charge in [0, 0.05) is 11.5 Å². The number of hydrogen-bond donors (Lipinski definition) is 0. The lowest BCUT2D eigenvalue weighted by Crippen LogP contribution is -2.20. The molecule has 0 saturated heterocycles. The van der Waals surface area contributed by atoms with Crippen LogP contribution in [-0.4, -0.2) is 25.0 Å². The first kappa shape index (κ1) is 16.7. The summed E-state index contributed by atoms with van der Waals surface area (Å²) in [7, 11) is 1.26. The Morgan fingerprint density at radius 2 is 2.00 bits per heavy atom. The van der Waals surface area contributed by atoms with E-state index in [9.17, 15) is 14.4 Å². The van der Waals surface area contributed by atoms with E-state index in [1.165, 1.54) is 14.0 Å². The summed E-state index contributed by atoms with van der Waals surface area (Å²) in [6, 6.07) is 4.98. The molecule has 0 N–H and O–H groups in total. The van der Waals surface area contributed by atoms with Crippen LogP contribution in [0.25, 0.3) is 11.0 Å². The second-order valence-corrected chi connectivity index (χ2v) is 5.27. The fourth-order valence-electron chi connectivity index (χ4n) is 2.16. The molecule has 0 radical (unpaired) electrons. The Labute approximate surface area is 133 Å². The van der Waals surface area contributed by atoms with Crippen LogP contribution in [0.2, 0.25) is 0 Å². The van der Waals surface area contributed by atoms with Gasteiger partial charge in [-0.3, -0.25) is 9.59 Å². The SMILES string of the molecule is COC(=O)Cc1c(C)c2ccc(OC(C)C(C)=O)cc2oc1=O. The third-order valence-electron chi connectivity index (χ3n) is 3.69. The van der Waals surface area contributed by atoms with E-state index in [0.717, 1.165) is 0 Å². The third-order valence-corrected chi connectivity index (χ3v) is 3.69. The maximum atomic E-state index is 12.1. The fourth-order valence-corrected chi connectivity index (χ4v) is 2.16. The molecule has 0 fully saturated rings. The summed E-state index contributed by atoms with van der Waals surface area (Å²) in [6.45, 7) is 4.83. The van der Waals surface area contributed by atoms with Gasteiger partial charge in [-0.25, -0.2) is 4.79 Å². The molecule has 122 valence electrons. The van der Waals surface area contributed by atoms with E-state index in [1.807, 2.05) is 0 Å². The first-order valence-electron chi connectivity index (χ1n) is 7.13. The van der Waals surface area contributed by atoms with Gasteiger partial charge in [0.1, 0.15) is 11.3 Å². The quantitative estimate of drug-likeness (QED) is 0.620. The molecule has 1 aromatic heterocycles. The van der Waals surface area contributed by atoms with Crippen molar-refractivity contribution in [2.75, 3.05) is 7.11 Å². The van der Waals surface area contributed by atoms with Gasteiger partial charge in [0.25, 0.3) is 0 Å². The fraction of sp³-hybridized carbons (Fsp3) is 0.353. The van der Waals surface area contributed by atoms with Gasteiger partial charge in [-0.15, -0.1) is 0 Å². The summed E-state index contributed by atoms with van der Waals surface area (Å²) in [4.78, 5) is 34.7. The van der Waals surface area contributed by atoms with E-state index < -0.39 is 17.7 Å². The standard InChI is InChI=1S/C17H18O6/c1-9-13-6-5-12(22-11(3)10(2)18)7-15(13)23-17(20)14(9)8-16(19)21-4/h5-7,11H,8H2,1-4H3. The van der Waals surface area contributed by atoms with E-state index in [1.54, 1.807) is 32.0 Å². The molecule has 0 aliphatic carbocycles. The van der Waals surface area contributed by atoms with Crippen molar-refractivity contribution < 1.29 is 23.5 Å². The molecule has 1 unspecified atom stereocenters. The number of fused-ring (bicyclic) bond motifs is 1. The van der Waals surface area contributed by atoms with Gasteiger partial charge < -0.3 is 13.9 Å². The van der Waals surface area contributed by atoms with Gasteiger partial charge in [0.15, 0.2) is 11.9 Å². The Bertz CT molecular complexity index is 818. The number of ether oxygens (including phenoxy) is 2. The maximum absolute atomic E-state index is 12.1. The summed E-state index contributed by atoms with van der Waals surface area (Å²) >= 11 is 0. The van der Waals surface area contributed by atoms with Gasteiger partial charge in [0.05, 0.1) is 19.1 Å². The van der Waals surface area contributed by atoms with Crippen molar-refractivity contribution in [2.24, 2.45) is 0 Å².